The van der Waals surface area contributed by atoms with Crippen molar-refractivity contribution in [2.75, 3.05) is 11.1 Å². The van der Waals surface area contributed by atoms with Gasteiger partial charge in [0.1, 0.15) is 18.1 Å². The second-order valence-corrected chi connectivity index (χ2v) is 4.84. The molecule has 0 aliphatic rings. The van der Waals surface area contributed by atoms with E-state index in [1.165, 1.54) is 6.33 Å². The van der Waals surface area contributed by atoms with Crippen LogP contribution in [0.4, 0.5) is 17.2 Å². The molecule has 0 spiro atoms. The minimum absolute atomic E-state index is 0.0383. The molecule has 6 heteroatoms. The van der Waals surface area contributed by atoms with Gasteiger partial charge in [-0.3, -0.25) is 0 Å². The number of ether oxygens (including phenoxy) is 1. The first-order valence-corrected chi connectivity index (χ1v) is 6.56. The van der Waals surface area contributed by atoms with Crippen LogP contribution in [0.1, 0.15) is 25.0 Å². The van der Waals surface area contributed by atoms with Gasteiger partial charge in [0.25, 0.3) is 0 Å². The van der Waals surface area contributed by atoms with Crippen LogP contribution >= 0.6 is 0 Å². The van der Waals surface area contributed by atoms with Gasteiger partial charge in [-0.05, 0) is 32.4 Å². The number of benzene rings is 1. The number of nitrogens with two attached hydrogens (primary N) is 1. The lowest BCUT2D eigenvalue weighted by atomic mass is 10.1. The quantitative estimate of drug-likeness (QED) is 0.895. The first-order chi connectivity index (χ1) is 10.0. The Hall–Kier alpha value is -2.81. The smallest absolute Gasteiger partial charge is 0.242 e. The lowest BCUT2D eigenvalue weighted by Gasteiger charge is -2.14. The summed E-state index contributed by atoms with van der Waals surface area (Å²) in [7, 11) is 0. The third-order valence-electron chi connectivity index (χ3n) is 2.83. The molecule has 2 aromatic rings. The Morgan fingerprint density at radius 1 is 1.33 bits per heavy atom. The molecule has 0 saturated heterocycles. The van der Waals surface area contributed by atoms with Crippen LogP contribution in [0.5, 0.6) is 5.88 Å². The fourth-order valence-electron chi connectivity index (χ4n) is 1.84. The fourth-order valence-corrected chi connectivity index (χ4v) is 1.84. The lowest BCUT2D eigenvalue weighted by molar-refractivity contribution is 0.234. The average molecular weight is 283 g/mol. The van der Waals surface area contributed by atoms with Gasteiger partial charge >= 0.3 is 0 Å². The van der Waals surface area contributed by atoms with Gasteiger partial charge < -0.3 is 15.8 Å². The zero-order chi connectivity index (χ0) is 15.4. The van der Waals surface area contributed by atoms with Crippen molar-refractivity contribution in [1.82, 2.24) is 9.97 Å². The summed E-state index contributed by atoms with van der Waals surface area (Å²) in [6.07, 6.45) is 1.34. The van der Waals surface area contributed by atoms with E-state index in [1.807, 2.05) is 32.9 Å². The molecule has 0 fully saturated rings. The van der Waals surface area contributed by atoms with Crippen molar-refractivity contribution in [2.45, 2.75) is 26.9 Å². The SMILES string of the molecule is Cc1cccc(Nc2ncnc(OC(C)C)c2N)c1C#N. The van der Waals surface area contributed by atoms with Gasteiger partial charge in [0.15, 0.2) is 5.82 Å². The van der Waals surface area contributed by atoms with Gasteiger partial charge in [0, 0.05) is 0 Å². The molecule has 0 saturated carbocycles. The molecule has 0 radical (unpaired) electrons. The Bertz CT molecular complexity index is 691. The maximum Gasteiger partial charge on any atom is 0.242 e. The first kappa shape index (κ1) is 14.6. The first-order valence-electron chi connectivity index (χ1n) is 6.56. The normalized spacial score (nSPS) is 10.2. The second kappa shape index (κ2) is 6.09. The zero-order valence-electron chi connectivity index (χ0n) is 12.2. The fraction of sp³-hybridized carbons (Fsp3) is 0.267. The largest absolute Gasteiger partial charge is 0.473 e. The van der Waals surface area contributed by atoms with Gasteiger partial charge in [-0.2, -0.15) is 10.2 Å². The highest BCUT2D eigenvalue weighted by Crippen LogP contribution is 2.29. The van der Waals surface area contributed by atoms with Crippen LogP contribution < -0.4 is 15.8 Å². The highest BCUT2D eigenvalue weighted by molar-refractivity contribution is 5.75. The van der Waals surface area contributed by atoms with Crippen molar-refractivity contribution in [2.24, 2.45) is 0 Å². The summed E-state index contributed by atoms with van der Waals surface area (Å²) >= 11 is 0. The molecule has 108 valence electrons. The third kappa shape index (κ3) is 3.20. The molecule has 0 bridgehead atoms. The molecule has 0 atom stereocenters. The number of nitrogens with zero attached hydrogens (tertiary/aromatic N) is 3. The van der Waals surface area contributed by atoms with E-state index >= 15 is 0 Å². The number of aryl methyl sites for hydroxylation is 1. The van der Waals surface area contributed by atoms with E-state index in [0.29, 0.717) is 28.6 Å². The van der Waals surface area contributed by atoms with E-state index in [1.54, 1.807) is 6.07 Å². The minimum Gasteiger partial charge on any atom is -0.473 e. The number of anilines is 3. The van der Waals surface area contributed by atoms with Gasteiger partial charge in [0.05, 0.1) is 17.4 Å². The third-order valence-corrected chi connectivity index (χ3v) is 2.83. The Balaban J connectivity index is 2.37. The van der Waals surface area contributed by atoms with E-state index in [0.717, 1.165) is 5.56 Å². The molecule has 0 amide bonds. The molecular weight excluding hydrogens is 266 g/mol. The standard InChI is InChI=1S/C15H17N5O/c1-9(2)21-15-13(17)14(18-8-19-15)20-12-6-4-5-10(3)11(12)7-16/h4-6,8-9H,17H2,1-3H3,(H,18,19,20). The number of hydrogen-bond donors (Lipinski definition) is 2. The highest BCUT2D eigenvalue weighted by atomic mass is 16.5. The monoisotopic (exact) mass is 283 g/mol. The summed E-state index contributed by atoms with van der Waals surface area (Å²) in [6, 6.07) is 7.71. The van der Waals surface area contributed by atoms with Gasteiger partial charge in [-0.15, -0.1) is 0 Å². The van der Waals surface area contributed by atoms with Crippen molar-refractivity contribution in [3.63, 3.8) is 0 Å². The van der Waals surface area contributed by atoms with Crippen LogP contribution in [0.25, 0.3) is 0 Å². The summed E-state index contributed by atoms with van der Waals surface area (Å²) in [5.74, 6) is 0.747. The van der Waals surface area contributed by atoms with E-state index in [-0.39, 0.29) is 6.10 Å². The van der Waals surface area contributed by atoms with E-state index in [2.05, 4.69) is 21.4 Å². The predicted octanol–water partition coefficient (Wildman–Crippen LogP) is 2.77. The van der Waals surface area contributed by atoms with Crippen LogP contribution in [0.15, 0.2) is 24.5 Å². The summed E-state index contributed by atoms with van der Waals surface area (Å²) < 4.78 is 5.52. The van der Waals surface area contributed by atoms with Crippen LogP contribution in [-0.4, -0.2) is 16.1 Å². The second-order valence-electron chi connectivity index (χ2n) is 4.84. The molecule has 21 heavy (non-hydrogen) atoms. The number of aromatic nitrogens is 2. The number of nitrogens with one attached hydrogen (secondary N) is 1. The maximum atomic E-state index is 9.24. The number of nitriles is 1. The Kier molecular flexibility index (Phi) is 4.24. The Morgan fingerprint density at radius 3 is 2.76 bits per heavy atom. The van der Waals surface area contributed by atoms with Crippen molar-refractivity contribution >= 4 is 17.2 Å². The molecule has 0 unspecified atom stereocenters. The van der Waals surface area contributed by atoms with Gasteiger partial charge in [-0.1, -0.05) is 12.1 Å². The zero-order valence-corrected chi connectivity index (χ0v) is 12.2. The summed E-state index contributed by atoms with van der Waals surface area (Å²) in [5.41, 5.74) is 8.42. The molecule has 1 aromatic heterocycles. The molecule has 1 heterocycles. The van der Waals surface area contributed by atoms with Crippen LogP contribution in [0, 0.1) is 18.3 Å². The minimum atomic E-state index is -0.0383. The summed E-state index contributed by atoms with van der Waals surface area (Å²) in [6.45, 7) is 5.66. The predicted molar refractivity (Wildman–Crippen MR) is 81.4 cm³/mol. The summed E-state index contributed by atoms with van der Waals surface area (Å²) in [4.78, 5) is 8.13. The van der Waals surface area contributed by atoms with Gasteiger partial charge in [0.2, 0.25) is 5.88 Å². The molecular formula is C15H17N5O. The maximum absolute atomic E-state index is 9.24. The highest BCUT2D eigenvalue weighted by Gasteiger charge is 2.13. The number of nitrogen functional groups attached to an aromatic ring is 1. The van der Waals surface area contributed by atoms with Crippen molar-refractivity contribution in [3.05, 3.63) is 35.7 Å². The molecule has 0 aliphatic carbocycles. The molecule has 0 aliphatic heterocycles. The Labute approximate surface area is 123 Å². The van der Waals surface area contributed by atoms with E-state index in [9.17, 15) is 5.26 Å². The van der Waals surface area contributed by atoms with Crippen molar-refractivity contribution in [3.8, 4) is 11.9 Å². The van der Waals surface area contributed by atoms with Crippen molar-refractivity contribution in [1.29, 1.82) is 5.26 Å². The van der Waals surface area contributed by atoms with Crippen LogP contribution in [-0.2, 0) is 0 Å². The van der Waals surface area contributed by atoms with E-state index < -0.39 is 0 Å². The van der Waals surface area contributed by atoms with Crippen molar-refractivity contribution < 1.29 is 4.74 Å². The van der Waals surface area contributed by atoms with Gasteiger partial charge in [-0.25, -0.2) is 4.98 Å². The van der Waals surface area contributed by atoms with E-state index in [4.69, 9.17) is 10.5 Å². The average Bonchev–Trinajstić information content (AvgIpc) is 2.43. The lowest BCUT2D eigenvalue weighted by Crippen LogP contribution is -2.11. The summed E-state index contributed by atoms with van der Waals surface area (Å²) in [5, 5.41) is 12.3. The molecule has 3 N–H and O–H groups in total. The van der Waals surface area contributed by atoms with Crippen LogP contribution in [0.3, 0.4) is 0 Å². The number of hydrogen-bond acceptors (Lipinski definition) is 6. The molecule has 2 rings (SSSR count). The Morgan fingerprint density at radius 2 is 2.10 bits per heavy atom. The molecule has 1 aromatic carbocycles. The molecule has 6 nitrogen and oxygen atoms in total. The topological polar surface area (TPSA) is 96.8 Å². The van der Waals surface area contributed by atoms with Crippen LogP contribution in [0.2, 0.25) is 0 Å². The number of rotatable bonds is 4.